The van der Waals surface area contributed by atoms with Crippen molar-refractivity contribution < 1.29 is 15.0 Å². The van der Waals surface area contributed by atoms with E-state index in [1.165, 1.54) is 24.8 Å². The standard InChI is InChI=1S/C27H47NO3/c1-5-8-11-20(4)16-23(29)14-15-24-25-18-21(17-22(25)19-26(24)30)12-9-10-13-27(31)28(6-2)7-3/h14-15,17,20,22-26,29-30H,5-13,16,18-19H2,1-4H3/b15-14+/t20-,22+,23-,24-,25+,26-/m1/s1. The average Bonchev–Trinajstić information content (AvgIpc) is 3.25. The van der Waals surface area contributed by atoms with Gasteiger partial charge in [-0.25, -0.2) is 0 Å². The Kier molecular flexibility index (Phi) is 11.3. The number of hydrogen-bond donors (Lipinski definition) is 2. The molecule has 0 aromatic carbocycles. The lowest BCUT2D eigenvalue weighted by molar-refractivity contribution is -0.130. The Morgan fingerprint density at radius 1 is 1.23 bits per heavy atom. The van der Waals surface area contributed by atoms with Gasteiger partial charge < -0.3 is 15.1 Å². The van der Waals surface area contributed by atoms with Crippen LogP contribution in [-0.4, -0.2) is 46.3 Å². The maximum Gasteiger partial charge on any atom is 0.222 e. The highest BCUT2D eigenvalue weighted by atomic mass is 16.3. The maximum absolute atomic E-state index is 12.1. The quantitative estimate of drug-likeness (QED) is 0.281. The molecule has 0 aliphatic heterocycles. The first-order chi connectivity index (χ1) is 14.9. The molecule has 2 rings (SSSR count). The molecule has 0 aromatic heterocycles. The van der Waals surface area contributed by atoms with E-state index in [1.54, 1.807) is 0 Å². The number of fused-ring (bicyclic) bond motifs is 1. The number of hydrogen-bond acceptors (Lipinski definition) is 3. The molecule has 2 aliphatic rings. The van der Waals surface area contributed by atoms with Crippen LogP contribution in [0.2, 0.25) is 0 Å². The van der Waals surface area contributed by atoms with Crippen molar-refractivity contribution in [3.63, 3.8) is 0 Å². The fraction of sp³-hybridized carbons (Fsp3) is 0.815. The maximum atomic E-state index is 12.1. The minimum Gasteiger partial charge on any atom is -0.392 e. The average molecular weight is 434 g/mol. The summed E-state index contributed by atoms with van der Waals surface area (Å²) in [6.45, 7) is 10.1. The van der Waals surface area contributed by atoms with Crippen molar-refractivity contribution in [2.45, 2.75) is 104 Å². The fourth-order valence-electron chi connectivity index (χ4n) is 5.57. The van der Waals surface area contributed by atoms with Crippen LogP contribution in [0.15, 0.2) is 23.8 Å². The second kappa shape index (κ2) is 13.4. The van der Waals surface area contributed by atoms with Crippen LogP contribution in [-0.2, 0) is 4.79 Å². The Bertz CT molecular complexity index is 595. The zero-order chi connectivity index (χ0) is 22.8. The highest BCUT2D eigenvalue weighted by Crippen LogP contribution is 2.48. The lowest BCUT2D eigenvalue weighted by Gasteiger charge is -2.20. The van der Waals surface area contributed by atoms with Gasteiger partial charge in [-0.1, -0.05) is 56.9 Å². The van der Waals surface area contributed by atoms with Crippen molar-refractivity contribution >= 4 is 5.91 Å². The molecule has 4 nitrogen and oxygen atoms in total. The van der Waals surface area contributed by atoms with Gasteiger partial charge in [0.25, 0.3) is 0 Å². The highest BCUT2D eigenvalue weighted by Gasteiger charge is 2.43. The Morgan fingerprint density at radius 2 is 1.97 bits per heavy atom. The lowest BCUT2D eigenvalue weighted by atomic mass is 9.88. The second-order valence-corrected chi connectivity index (χ2v) is 9.95. The summed E-state index contributed by atoms with van der Waals surface area (Å²) >= 11 is 0. The number of aliphatic hydroxyl groups excluding tert-OH is 2. The van der Waals surface area contributed by atoms with Gasteiger partial charge in [0.1, 0.15) is 0 Å². The third kappa shape index (κ3) is 8.05. The van der Waals surface area contributed by atoms with E-state index in [0.717, 1.165) is 51.6 Å². The Labute approximate surface area is 190 Å². The summed E-state index contributed by atoms with van der Waals surface area (Å²) in [5.74, 6) is 1.91. The number of carbonyl (C=O) groups excluding carboxylic acids is 1. The zero-order valence-electron chi connectivity index (χ0n) is 20.4. The summed E-state index contributed by atoms with van der Waals surface area (Å²) in [5, 5.41) is 21.0. The van der Waals surface area contributed by atoms with Crippen LogP contribution in [0.25, 0.3) is 0 Å². The van der Waals surface area contributed by atoms with Gasteiger partial charge in [-0.2, -0.15) is 0 Å². The van der Waals surface area contributed by atoms with E-state index in [9.17, 15) is 15.0 Å². The third-order valence-electron chi connectivity index (χ3n) is 7.45. The molecule has 1 amide bonds. The molecule has 2 N–H and O–H groups in total. The van der Waals surface area contributed by atoms with E-state index in [-0.39, 0.29) is 17.9 Å². The molecule has 0 unspecified atom stereocenters. The van der Waals surface area contributed by atoms with Gasteiger partial charge in [-0.15, -0.1) is 0 Å². The third-order valence-corrected chi connectivity index (χ3v) is 7.45. The van der Waals surface area contributed by atoms with Crippen molar-refractivity contribution in [1.29, 1.82) is 0 Å². The van der Waals surface area contributed by atoms with Gasteiger partial charge in [0.15, 0.2) is 0 Å². The molecule has 31 heavy (non-hydrogen) atoms. The molecule has 0 spiro atoms. The molecule has 0 heterocycles. The van der Waals surface area contributed by atoms with E-state index in [1.807, 2.05) is 24.8 Å². The Morgan fingerprint density at radius 3 is 2.65 bits per heavy atom. The predicted molar refractivity (Wildman–Crippen MR) is 129 cm³/mol. The van der Waals surface area contributed by atoms with Crippen LogP contribution >= 0.6 is 0 Å². The number of nitrogens with zero attached hydrogens (tertiary/aromatic N) is 1. The first-order valence-corrected chi connectivity index (χ1v) is 12.9. The van der Waals surface area contributed by atoms with Gasteiger partial charge >= 0.3 is 0 Å². The van der Waals surface area contributed by atoms with Gasteiger partial charge in [0.05, 0.1) is 12.2 Å². The van der Waals surface area contributed by atoms with Crippen molar-refractivity contribution in [2.24, 2.45) is 23.7 Å². The van der Waals surface area contributed by atoms with Gasteiger partial charge in [0, 0.05) is 25.4 Å². The van der Waals surface area contributed by atoms with Crippen molar-refractivity contribution in [1.82, 2.24) is 4.90 Å². The molecule has 0 bridgehead atoms. The minimum atomic E-state index is -0.407. The largest absolute Gasteiger partial charge is 0.392 e. The van der Waals surface area contributed by atoms with E-state index < -0.39 is 6.10 Å². The summed E-state index contributed by atoms with van der Waals surface area (Å²) in [4.78, 5) is 14.1. The monoisotopic (exact) mass is 433 g/mol. The summed E-state index contributed by atoms with van der Waals surface area (Å²) in [7, 11) is 0. The topological polar surface area (TPSA) is 60.8 Å². The highest BCUT2D eigenvalue weighted by molar-refractivity contribution is 5.76. The molecule has 0 saturated heterocycles. The number of rotatable bonds is 14. The van der Waals surface area contributed by atoms with Gasteiger partial charge in [0.2, 0.25) is 5.91 Å². The molecule has 1 saturated carbocycles. The molecule has 0 aromatic rings. The predicted octanol–water partition coefficient (Wildman–Crippen LogP) is 5.49. The first-order valence-electron chi connectivity index (χ1n) is 12.9. The van der Waals surface area contributed by atoms with Crippen LogP contribution in [0.1, 0.15) is 91.9 Å². The number of unbranched alkanes of at least 4 members (excludes halogenated alkanes) is 2. The lowest BCUT2D eigenvalue weighted by Crippen LogP contribution is -2.30. The van der Waals surface area contributed by atoms with Crippen molar-refractivity contribution in [2.75, 3.05) is 13.1 Å². The van der Waals surface area contributed by atoms with Crippen LogP contribution in [0.3, 0.4) is 0 Å². The first kappa shape index (κ1) is 26.1. The van der Waals surface area contributed by atoms with Crippen LogP contribution < -0.4 is 0 Å². The number of amides is 1. The fourth-order valence-corrected chi connectivity index (χ4v) is 5.57. The van der Waals surface area contributed by atoms with E-state index in [4.69, 9.17) is 0 Å². The molecule has 1 fully saturated rings. The molecule has 4 heteroatoms. The number of carbonyl (C=O) groups is 1. The summed E-state index contributed by atoms with van der Waals surface area (Å²) in [6.07, 6.45) is 15.8. The van der Waals surface area contributed by atoms with Gasteiger partial charge in [-0.05, 0) is 70.1 Å². The molecule has 2 aliphatic carbocycles. The van der Waals surface area contributed by atoms with Crippen LogP contribution in [0.5, 0.6) is 0 Å². The van der Waals surface area contributed by atoms with Crippen molar-refractivity contribution in [3.05, 3.63) is 23.8 Å². The molecule has 0 radical (unpaired) electrons. The molecule has 6 atom stereocenters. The second-order valence-electron chi connectivity index (χ2n) is 9.95. The SMILES string of the molecule is CCCC[C@@H](C)C[C@H](O)/C=C/[C@@H]1[C@H]2CC(CCCCC(=O)N(CC)CC)=C[C@H]2C[C@H]1O. The van der Waals surface area contributed by atoms with Gasteiger partial charge in [-0.3, -0.25) is 4.79 Å². The van der Waals surface area contributed by atoms with E-state index in [0.29, 0.717) is 24.2 Å². The van der Waals surface area contributed by atoms with Crippen LogP contribution in [0.4, 0.5) is 0 Å². The summed E-state index contributed by atoms with van der Waals surface area (Å²) < 4.78 is 0. The summed E-state index contributed by atoms with van der Waals surface area (Å²) in [6, 6.07) is 0. The molecular formula is C27H47NO3. The normalized spacial score (nSPS) is 27.4. The Hall–Kier alpha value is -1.13. The van der Waals surface area contributed by atoms with E-state index >= 15 is 0 Å². The van der Waals surface area contributed by atoms with E-state index in [2.05, 4.69) is 26.0 Å². The molecule has 178 valence electrons. The summed E-state index contributed by atoms with van der Waals surface area (Å²) in [5.41, 5.74) is 1.50. The van der Waals surface area contributed by atoms with Crippen molar-refractivity contribution in [3.8, 4) is 0 Å². The number of allylic oxidation sites excluding steroid dienone is 2. The number of aliphatic hydroxyl groups is 2. The molecular weight excluding hydrogens is 386 g/mol. The van der Waals surface area contributed by atoms with Crippen LogP contribution in [0, 0.1) is 23.7 Å². The zero-order valence-corrected chi connectivity index (χ0v) is 20.4. The minimum absolute atomic E-state index is 0.156. The smallest absolute Gasteiger partial charge is 0.222 e. The Balaban J connectivity index is 1.75.